The maximum atomic E-state index is 5.99. The van der Waals surface area contributed by atoms with E-state index in [0.717, 1.165) is 31.1 Å². The number of hydrogen-bond donors (Lipinski definition) is 0. The molecule has 2 aromatic heterocycles. The summed E-state index contributed by atoms with van der Waals surface area (Å²) in [6.07, 6.45) is 3.83. The maximum Gasteiger partial charge on any atom is 0.190 e. The molecule has 2 aromatic carbocycles. The van der Waals surface area contributed by atoms with Crippen LogP contribution in [0.15, 0.2) is 75.9 Å². The molecule has 0 spiro atoms. The molecule has 0 aliphatic heterocycles. The van der Waals surface area contributed by atoms with Gasteiger partial charge in [0.15, 0.2) is 10.8 Å². The Labute approximate surface area is 165 Å². The Morgan fingerprint density at radius 3 is 2.50 bits per heavy atom. The minimum atomic E-state index is 0.681. The highest BCUT2D eigenvalue weighted by atomic mass is 35.5. The number of thioether (sulfide) groups is 1. The topological polar surface area (TPSA) is 43.6 Å². The second kappa shape index (κ2) is 7.70. The van der Waals surface area contributed by atoms with Crippen molar-refractivity contribution >= 4 is 46.2 Å². The van der Waals surface area contributed by atoms with Gasteiger partial charge >= 0.3 is 0 Å². The Morgan fingerprint density at radius 2 is 1.77 bits per heavy atom. The molecule has 0 saturated heterocycles. The molecular weight excluding hydrogens is 384 g/mol. The summed E-state index contributed by atoms with van der Waals surface area (Å²) in [4.78, 5) is 10.5. The molecule has 0 fully saturated rings. The van der Waals surface area contributed by atoms with E-state index in [0.29, 0.717) is 6.54 Å². The average molecular weight is 399 g/mol. The van der Waals surface area contributed by atoms with Crippen molar-refractivity contribution in [3.8, 4) is 0 Å². The molecule has 0 radical (unpaired) electrons. The van der Waals surface area contributed by atoms with Crippen LogP contribution in [0.25, 0.3) is 11.0 Å². The highest BCUT2D eigenvalue weighted by molar-refractivity contribution is 7.99. The van der Waals surface area contributed by atoms with Crippen molar-refractivity contribution in [2.75, 3.05) is 6.26 Å². The van der Waals surface area contributed by atoms with Crippen molar-refractivity contribution in [1.29, 1.82) is 0 Å². The smallest absolute Gasteiger partial charge is 0.190 e. The van der Waals surface area contributed by atoms with Crippen LogP contribution >= 0.6 is 35.1 Å². The quantitative estimate of drug-likeness (QED) is 0.256. The number of nitrogens with zero attached hydrogens (tertiary/aromatic N) is 4. The van der Waals surface area contributed by atoms with Gasteiger partial charge in [0.2, 0.25) is 0 Å². The summed E-state index contributed by atoms with van der Waals surface area (Å²) in [6, 6.07) is 18.0. The van der Waals surface area contributed by atoms with Crippen LogP contribution < -0.4 is 0 Å². The minimum absolute atomic E-state index is 0.681. The molecule has 0 bridgehead atoms. The number of aromatic nitrogens is 4. The fourth-order valence-electron chi connectivity index (χ4n) is 2.57. The molecule has 4 rings (SSSR count). The van der Waals surface area contributed by atoms with Crippen LogP contribution in [0.5, 0.6) is 0 Å². The number of benzene rings is 2. The van der Waals surface area contributed by atoms with Gasteiger partial charge in [-0.3, -0.25) is 0 Å². The molecule has 0 N–H and O–H groups in total. The third-order valence-corrected chi connectivity index (χ3v) is 5.64. The second-order valence-corrected chi connectivity index (χ2v) is 7.87. The zero-order valence-corrected chi connectivity index (χ0v) is 16.4. The summed E-state index contributed by atoms with van der Waals surface area (Å²) in [5.74, 6) is 0. The third-order valence-electron chi connectivity index (χ3n) is 3.83. The minimum Gasteiger partial charge on any atom is -0.243 e. The molecule has 0 saturated carbocycles. The van der Waals surface area contributed by atoms with Crippen LogP contribution in [0.1, 0.15) is 5.56 Å². The molecule has 0 unspecified atom stereocenters. The monoisotopic (exact) mass is 398 g/mol. The van der Waals surface area contributed by atoms with Crippen LogP contribution in [-0.4, -0.2) is 26.0 Å². The van der Waals surface area contributed by atoms with Crippen LogP contribution in [0.2, 0.25) is 5.02 Å². The molecule has 0 aliphatic rings. The van der Waals surface area contributed by atoms with E-state index < -0.39 is 0 Å². The van der Waals surface area contributed by atoms with E-state index in [1.54, 1.807) is 11.8 Å². The van der Waals surface area contributed by atoms with E-state index in [2.05, 4.69) is 27.2 Å². The van der Waals surface area contributed by atoms with E-state index in [-0.39, 0.29) is 0 Å². The highest BCUT2D eigenvalue weighted by Crippen LogP contribution is 2.33. The highest BCUT2D eigenvalue weighted by Gasteiger charge is 2.14. The molecule has 4 nitrogen and oxygen atoms in total. The SMILES string of the molecule is CSc1nc(Sc2ccc(Cl)cc2)c2cnn(Cc3ccccc3)c2n1. The first-order valence-electron chi connectivity index (χ1n) is 7.98. The van der Waals surface area contributed by atoms with Crippen molar-refractivity contribution in [3.63, 3.8) is 0 Å². The Morgan fingerprint density at radius 1 is 1.00 bits per heavy atom. The summed E-state index contributed by atoms with van der Waals surface area (Å²) < 4.78 is 1.93. The van der Waals surface area contributed by atoms with Gasteiger partial charge in [-0.15, -0.1) is 0 Å². The van der Waals surface area contributed by atoms with E-state index in [1.807, 2.05) is 59.6 Å². The largest absolute Gasteiger partial charge is 0.243 e. The molecule has 26 heavy (non-hydrogen) atoms. The summed E-state index contributed by atoms with van der Waals surface area (Å²) in [5, 5.41) is 7.88. The molecule has 0 amide bonds. The van der Waals surface area contributed by atoms with Gasteiger partial charge in [0, 0.05) is 9.92 Å². The molecule has 0 aliphatic carbocycles. The Hall–Kier alpha value is -2.02. The number of fused-ring (bicyclic) bond motifs is 1. The van der Waals surface area contributed by atoms with E-state index in [9.17, 15) is 0 Å². The van der Waals surface area contributed by atoms with Gasteiger partial charge in [-0.1, -0.05) is 65.5 Å². The number of hydrogen-bond acceptors (Lipinski definition) is 5. The van der Waals surface area contributed by atoms with Crippen LogP contribution in [-0.2, 0) is 6.54 Å². The van der Waals surface area contributed by atoms with Crippen LogP contribution in [0.3, 0.4) is 0 Å². The fraction of sp³-hybridized carbons (Fsp3) is 0.105. The summed E-state index contributed by atoms with van der Waals surface area (Å²) in [7, 11) is 0. The normalized spacial score (nSPS) is 11.2. The van der Waals surface area contributed by atoms with Crippen molar-refractivity contribution < 1.29 is 0 Å². The van der Waals surface area contributed by atoms with Crippen molar-refractivity contribution in [2.45, 2.75) is 21.6 Å². The predicted molar refractivity (Wildman–Crippen MR) is 108 cm³/mol. The van der Waals surface area contributed by atoms with Gasteiger partial charge in [-0.25, -0.2) is 14.6 Å². The number of rotatable bonds is 5. The molecular formula is C19H15ClN4S2. The summed E-state index contributed by atoms with van der Waals surface area (Å²) >= 11 is 9.12. The van der Waals surface area contributed by atoms with Crippen LogP contribution in [0, 0.1) is 0 Å². The predicted octanol–water partition coefficient (Wildman–Crippen LogP) is 5.40. The van der Waals surface area contributed by atoms with Gasteiger partial charge in [-0.05, 0) is 36.1 Å². The summed E-state index contributed by atoms with van der Waals surface area (Å²) in [6.45, 7) is 0.681. The lowest BCUT2D eigenvalue weighted by atomic mass is 10.2. The lowest BCUT2D eigenvalue weighted by Gasteiger charge is -2.07. The third kappa shape index (κ3) is 3.72. The van der Waals surface area contributed by atoms with Crippen molar-refractivity contribution in [1.82, 2.24) is 19.7 Å². The molecule has 2 heterocycles. The van der Waals surface area contributed by atoms with Crippen molar-refractivity contribution in [2.24, 2.45) is 0 Å². The average Bonchev–Trinajstić information content (AvgIpc) is 3.07. The number of halogens is 1. The molecule has 7 heteroatoms. The van der Waals surface area contributed by atoms with Crippen LogP contribution in [0.4, 0.5) is 0 Å². The van der Waals surface area contributed by atoms with Gasteiger partial charge in [0.25, 0.3) is 0 Å². The molecule has 130 valence electrons. The lowest BCUT2D eigenvalue weighted by Crippen LogP contribution is -2.03. The van der Waals surface area contributed by atoms with E-state index in [4.69, 9.17) is 11.6 Å². The first-order chi connectivity index (χ1) is 12.7. The zero-order chi connectivity index (χ0) is 17.9. The zero-order valence-electron chi connectivity index (χ0n) is 14.0. The lowest BCUT2D eigenvalue weighted by molar-refractivity contribution is 0.698. The first kappa shape index (κ1) is 17.4. The molecule has 4 aromatic rings. The van der Waals surface area contributed by atoms with Crippen molar-refractivity contribution in [3.05, 3.63) is 71.4 Å². The standard InChI is InChI=1S/C19H15ClN4S2/c1-25-19-22-17-16(11-21-24(17)12-13-5-3-2-4-6-13)18(23-19)26-15-9-7-14(20)8-10-15/h2-11H,12H2,1H3. The Balaban J connectivity index is 1.74. The van der Waals surface area contributed by atoms with Gasteiger partial charge < -0.3 is 0 Å². The second-order valence-electron chi connectivity index (χ2n) is 5.60. The van der Waals surface area contributed by atoms with Gasteiger partial charge in [0.05, 0.1) is 18.1 Å². The Bertz CT molecular complexity index is 1030. The summed E-state index contributed by atoms with van der Waals surface area (Å²) in [5.41, 5.74) is 2.04. The van der Waals surface area contributed by atoms with Gasteiger partial charge in [0.1, 0.15) is 5.03 Å². The maximum absolute atomic E-state index is 5.99. The first-order valence-corrected chi connectivity index (χ1v) is 10.4. The molecule has 0 atom stereocenters. The van der Waals surface area contributed by atoms with E-state index in [1.165, 1.54) is 17.3 Å². The van der Waals surface area contributed by atoms with E-state index >= 15 is 0 Å². The van der Waals surface area contributed by atoms with Gasteiger partial charge in [-0.2, -0.15) is 5.10 Å². The fourth-order valence-corrected chi connectivity index (χ4v) is 3.99. The Kier molecular flexibility index (Phi) is 5.15.